The molecule has 1 unspecified atom stereocenters. The number of hydrogen-bond acceptors (Lipinski definition) is 4. The highest BCUT2D eigenvalue weighted by atomic mass is 16.5. The third-order valence-electron chi connectivity index (χ3n) is 3.70. The van der Waals surface area contributed by atoms with Gasteiger partial charge in [0.2, 0.25) is 0 Å². The summed E-state index contributed by atoms with van der Waals surface area (Å²) in [6, 6.07) is 1.89. The first-order valence-electron chi connectivity index (χ1n) is 6.55. The lowest BCUT2D eigenvalue weighted by atomic mass is 9.85. The van der Waals surface area contributed by atoms with Gasteiger partial charge in [-0.05, 0) is 18.8 Å². The molecule has 0 saturated heterocycles. The second kappa shape index (κ2) is 5.46. The number of carbonyl (C=O) groups is 2. The van der Waals surface area contributed by atoms with E-state index >= 15 is 0 Å². The van der Waals surface area contributed by atoms with Gasteiger partial charge in [-0.1, -0.05) is 19.0 Å². The van der Waals surface area contributed by atoms with Gasteiger partial charge >= 0.3 is 0 Å². The Morgan fingerprint density at radius 1 is 1.39 bits per heavy atom. The average molecular weight is 249 g/mol. The molecule has 0 amide bonds. The third-order valence-corrected chi connectivity index (χ3v) is 3.70. The van der Waals surface area contributed by atoms with E-state index in [0.717, 1.165) is 24.8 Å². The molecule has 0 spiro atoms. The van der Waals surface area contributed by atoms with Gasteiger partial charge in [-0.3, -0.25) is 4.79 Å². The van der Waals surface area contributed by atoms with Gasteiger partial charge in [0, 0.05) is 24.8 Å². The summed E-state index contributed by atoms with van der Waals surface area (Å²) in [5.74, 6) is 1.27. The van der Waals surface area contributed by atoms with Crippen LogP contribution in [-0.4, -0.2) is 17.2 Å². The Morgan fingerprint density at radius 2 is 2.06 bits per heavy atom. The van der Waals surface area contributed by atoms with Crippen molar-refractivity contribution in [1.29, 1.82) is 0 Å². The highest BCUT2D eigenvalue weighted by Crippen LogP contribution is 2.32. The van der Waals surface area contributed by atoms with Gasteiger partial charge in [0.1, 0.15) is 17.8 Å². The number of nitrogens with zero attached hydrogens (tertiary/aromatic N) is 1. The number of hydrogen-bond donors (Lipinski definition) is 0. The lowest BCUT2D eigenvalue weighted by Gasteiger charge is -2.17. The van der Waals surface area contributed by atoms with Gasteiger partial charge in [0.05, 0.1) is 11.6 Å². The summed E-state index contributed by atoms with van der Waals surface area (Å²) in [5, 5.41) is 4.07. The van der Waals surface area contributed by atoms with Crippen molar-refractivity contribution < 1.29 is 14.1 Å². The van der Waals surface area contributed by atoms with Gasteiger partial charge < -0.3 is 9.32 Å². The van der Waals surface area contributed by atoms with Crippen LogP contribution in [0.5, 0.6) is 0 Å². The lowest BCUT2D eigenvalue weighted by Crippen LogP contribution is -2.12. The van der Waals surface area contributed by atoms with Crippen LogP contribution in [0, 0.1) is 5.92 Å². The minimum absolute atomic E-state index is 0.205. The van der Waals surface area contributed by atoms with Gasteiger partial charge in [-0.15, -0.1) is 0 Å². The Labute approximate surface area is 107 Å². The topological polar surface area (TPSA) is 60.2 Å². The zero-order valence-corrected chi connectivity index (χ0v) is 10.9. The number of Topliss-reactive ketones (excluding diaryl/α,β-unsaturated/α-hetero) is 1. The zero-order valence-electron chi connectivity index (χ0n) is 10.9. The van der Waals surface area contributed by atoms with E-state index in [1.807, 2.05) is 19.9 Å². The molecule has 1 atom stereocenters. The van der Waals surface area contributed by atoms with E-state index in [9.17, 15) is 9.59 Å². The molecule has 0 radical (unpaired) electrons. The zero-order chi connectivity index (χ0) is 13.1. The predicted octanol–water partition coefficient (Wildman–Crippen LogP) is 2.84. The van der Waals surface area contributed by atoms with Crippen LogP contribution in [0.15, 0.2) is 10.6 Å². The summed E-state index contributed by atoms with van der Waals surface area (Å²) in [6.45, 7) is 3.97. The fraction of sp³-hybridized carbons (Fsp3) is 0.643. The molecular formula is C14H19NO3. The molecule has 1 fully saturated rings. The first-order chi connectivity index (χ1) is 8.61. The van der Waals surface area contributed by atoms with Crippen LogP contribution in [0.1, 0.15) is 62.8 Å². The highest BCUT2D eigenvalue weighted by molar-refractivity contribution is 5.79. The normalized spacial score (nSPS) is 19.2. The Bertz CT molecular complexity index is 426. The van der Waals surface area contributed by atoms with Crippen molar-refractivity contribution in [2.75, 3.05) is 0 Å². The molecule has 1 aromatic heterocycles. The molecule has 0 aromatic carbocycles. The summed E-state index contributed by atoms with van der Waals surface area (Å²) >= 11 is 0. The van der Waals surface area contributed by atoms with E-state index < -0.39 is 0 Å². The molecule has 0 aliphatic heterocycles. The monoisotopic (exact) mass is 249 g/mol. The van der Waals surface area contributed by atoms with Crippen LogP contribution in [0.3, 0.4) is 0 Å². The molecule has 1 aliphatic rings. The lowest BCUT2D eigenvalue weighted by molar-refractivity contribution is -0.120. The second-order valence-corrected chi connectivity index (χ2v) is 5.37. The minimum atomic E-state index is -0.225. The molecule has 4 heteroatoms. The maximum absolute atomic E-state index is 11.2. The van der Waals surface area contributed by atoms with Gasteiger partial charge in [0.25, 0.3) is 0 Å². The van der Waals surface area contributed by atoms with E-state index in [-0.39, 0.29) is 11.8 Å². The molecule has 18 heavy (non-hydrogen) atoms. The quantitative estimate of drug-likeness (QED) is 0.770. The molecule has 1 aromatic rings. The average Bonchev–Trinajstić information content (AvgIpc) is 2.80. The van der Waals surface area contributed by atoms with Crippen LogP contribution in [-0.2, 0) is 9.59 Å². The molecule has 1 saturated carbocycles. The standard InChI is InChI=1S/C14H19NO3/c1-9(2)12(8-16)14-7-13(15-18-14)10-3-5-11(17)6-4-10/h7-10,12H,3-6H2,1-2H3. The largest absolute Gasteiger partial charge is 0.360 e. The number of ketones is 1. The highest BCUT2D eigenvalue weighted by Gasteiger charge is 2.26. The van der Waals surface area contributed by atoms with Crippen LogP contribution in [0.25, 0.3) is 0 Å². The van der Waals surface area contributed by atoms with Gasteiger partial charge in [0.15, 0.2) is 0 Å². The number of rotatable bonds is 4. The van der Waals surface area contributed by atoms with Crippen molar-refractivity contribution in [3.63, 3.8) is 0 Å². The Kier molecular flexibility index (Phi) is 3.94. The van der Waals surface area contributed by atoms with Gasteiger partial charge in [-0.2, -0.15) is 0 Å². The summed E-state index contributed by atoms with van der Waals surface area (Å²) in [4.78, 5) is 22.2. The molecule has 1 aliphatic carbocycles. The second-order valence-electron chi connectivity index (χ2n) is 5.37. The first kappa shape index (κ1) is 13.0. The molecular weight excluding hydrogens is 230 g/mol. The van der Waals surface area contributed by atoms with Crippen molar-refractivity contribution in [1.82, 2.24) is 5.16 Å². The predicted molar refractivity (Wildman–Crippen MR) is 66.4 cm³/mol. The maximum atomic E-state index is 11.2. The Hall–Kier alpha value is -1.45. The fourth-order valence-corrected chi connectivity index (χ4v) is 2.44. The van der Waals surface area contributed by atoms with E-state index in [1.165, 1.54) is 0 Å². The van der Waals surface area contributed by atoms with Crippen molar-refractivity contribution in [3.05, 3.63) is 17.5 Å². The number of aromatic nitrogens is 1. The van der Waals surface area contributed by atoms with Crippen molar-refractivity contribution in [3.8, 4) is 0 Å². The molecule has 1 heterocycles. The molecule has 0 N–H and O–H groups in total. The number of aldehydes is 1. The van der Waals surface area contributed by atoms with Crippen LogP contribution < -0.4 is 0 Å². The van der Waals surface area contributed by atoms with E-state index in [4.69, 9.17) is 4.52 Å². The fourth-order valence-electron chi connectivity index (χ4n) is 2.44. The summed E-state index contributed by atoms with van der Waals surface area (Å²) in [7, 11) is 0. The van der Waals surface area contributed by atoms with Crippen LogP contribution in [0.2, 0.25) is 0 Å². The smallest absolute Gasteiger partial charge is 0.147 e. The van der Waals surface area contributed by atoms with Crippen LogP contribution in [0.4, 0.5) is 0 Å². The van der Waals surface area contributed by atoms with E-state index in [0.29, 0.717) is 30.3 Å². The molecule has 4 nitrogen and oxygen atoms in total. The first-order valence-corrected chi connectivity index (χ1v) is 6.55. The van der Waals surface area contributed by atoms with Crippen molar-refractivity contribution in [2.45, 2.75) is 51.4 Å². The number of carbonyl (C=O) groups excluding carboxylic acids is 2. The molecule has 2 rings (SSSR count). The van der Waals surface area contributed by atoms with Crippen LogP contribution >= 0.6 is 0 Å². The Morgan fingerprint density at radius 3 is 2.61 bits per heavy atom. The van der Waals surface area contributed by atoms with Crippen molar-refractivity contribution >= 4 is 12.1 Å². The summed E-state index contributed by atoms with van der Waals surface area (Å²) < 4.78 is 5.29. The van der Waals surface area contributed by atoms with Crippen molar-refractivity contribution in [2.24, 2.45) is 5.92 Å². The maximum Gasteiger partial charge on any atom is 0.147 e. The van der Waals surface area contributed by atoms with E-state index in [1.54, 1.807) is 0 Å². The third kappa shape index (κ3) is 2.68. The Balaban J connectivity index is 2.10. The molecule has 0 bridgehead atoms. The summed E-state index contributed by atoms with van der Waals surface area (Å²) in [6.07, 6.45) is 3.87. The minimum Gasteiger partial charge on any atom is -0.360 e. The van der Waals surface area contributed by atoms with Gasteiger partial charge in [-0.25, -0.2) is 0 Å². The van der Waals surface area contributed by atoms with E-state index in [2.05, 4.69) is 5.16 Å². The summed E-state index contributed by atoms with van der Waals surface area (Å²) in [5.41, 5.74) is 0.894. The SMILES string of the molecule is CC(C)C(C=O)c1cc(C2CCC(=O)CC2)no1. The molecule has 98 valence electrons.